The fourth-order valence-corrected chi connectivity index (χ4v) is 0.842. The fourth-order valence-electron chi connectivity index (χ4n) is 0.842. The molecule has 0 radical (unpaired) electrons. The molecule has 0 saturated heterocycles. The second-order valence-corrected chi connectivity index (χ2v) is 2.71. The van der Waals surface area contributed by atoms with Crippen LogP contribution in [0.15, 0.2) is 12.2 Å². The molecule has 0 spiro atoms. The van der Waals surface area contributed by atoms with Gasteiger partial charge in [-0.05, 0) is 0 Å². The normalized spacial score (nSPS) is 9.80. The summed E-state index contributed by atoms with van der Waals surface area (Å²) in [5.41, 5.74) is 0. The fraction of sp³-hybridized carbons (Fsp3) is 0.625. The van der Waals surface area contributed by atoms with Gasteiger partial charge in [0.2, 0.25) is 0 Å². The molecule has 0 nitrogen and oxygen atoms in total. The van der Waals surface area contributed by atoms with Crippen LogP contribution in [0.25, 0.3) is 0 Å². The van der Waals surface area contributed by atoms with Gasteiger partial charge in [0.1, 0.15) is 0 Å². The molecule has 0 heterocycles. The molecule has 10 heavy (non-hydrogen) atoms. The molecule has 0 aliphatic heterocycles. The van der Waals surface area contributed by atoms with Crippen LogP contribution in [0.1, 0.15) is 19.8 Å². The molecule has 0 aromatic carbocycles. The summed E-state index contributed by atoms with van der Waals surface area (Å²) in [6.45, 7) is 10.7. The molecule has 0 aliphatic rings. The van der Waals surface area contributed by atoms with E-state index in [2.05, 4.69) is 32.4 Å². The molecule has 0 saturated carbocycles. The molecule has 0 fully saturated rings. The van der Waals surface area contributed by atoms with Crippen LogP contribution in [0, 0.1) is 0 Å². The number of unbranched alkanes of at least 4 members (excludes halogenated alkanes) is 1. The summed E-state index contributed by atoms with van der Waals surface area (Å²) >= 11 is 0. The van der Waals surface area contributed by atoms with Crippen LogP contribution in [0.4, 0.5) is 0 Å². The monoisotopic (exact) mass is 134 g/mol. The van der Waals surface area contributed by atoms with Crippen LogP contribution in [-0.4, -0.2) is 19.9 Å². The zero-order chi connectivity index (χ0) is 7.82. The van der Waals surface area contributed by atoms with Crippen molar-refractivity contribution in [3.63, 3.8) is 0 Å². The topological polar surface area (TPSA) is 0 Å². The van der Waals surface area contributed by atoms with Crippen LogP contribution in [0.5, 0.6) is 0 Å². The van der Waals surface area contributed by atoms with Crippen LogP contribution in [-0.2, 0) is 0 Å². The molecular formula is C8H16B2. The maximum atomic E-state index is 3.74. The van der Waals surface area contributed by atoms with Crippen molar-refractivity contribution in [3.05, 3.63) is 12.2 Å². The Morgan fingerprint density at radius 2 is 2.30 bits per heavy atom. The summed E-state index contributed by atoms with van der Waals surface area (Å²) in [7, 11) is 0. The Labute approximate surface area is 65.7 Å². The Morgan fingerprint density at radius 3 is 2.80 bits per heavy atom. The van der Waals surface area contributed by atoms with Gasteiger partial charge in [-0.3, -0.25) is 0 Å². The van der Waals surface area contributed by atoms with E-state index in [1.807, 2.05) is 6.81 Å². The summed E-state index contributed by atoms with van der Waals surface area (Å²) in [6.07, 6.45) is 8.11. The van der Waals surface area contributed by atoms with Crippen LogP contribution < -0.4 is 0 Å². The molecule has 0 N–H and O–H groups in total. The predicted octanol–water partition coefficient (Wildman–Crippen LogP) is 2.10. The third-order valence-electron chi connectivity index (χ3n) is 1.67. The van der Waals surface area contributed by atoms with Gasteiger partial charge in [-0.15, -0.1) is 0 Å². The van der Waals surface area contributed by atoms with Crippen molar-refractivity contribution < 1.29 is 0 Å². The van der Waals surface area contributed by atoms with Crippen molar-refractivity contribution >= 4 is 19.9 Å². The second-order valence-electron chi connectivity index (χ2n) is 2.71. The van der Waals surface area contributed by atoms with Gasteiger partial charge in [-0.2, -0.15) is 0 Å². The van der Waals surface area contributed by atoms with E-state index in [9.17, 15) is 0 Å². The van der Waals surface area contributed by atoms with Crippen molar-refractivity contribution in [1.29, 1.82) is 0 Å². The van der Waals surface area contributed by atoms with Gasteiger partial charge in [0.15, 0.2) is 0 Å². The first kappa shape index (κ1) is 9.74. The van der Waals surface area contributed by atoms with Crippen molar-refractivity contribution in [3.8, 4) is 0 Å². The molecule has 0 aromatic rings. The third kappa shape index (κ3) is 5.87. The van der Waals surface area contributed by atoms with Gasteiger partial charge >= 0.3 is 64.9 Å². The average Bonchev–Trinajstić information content (AvgIpc) is 1.98. The first-order valence-corrected chi connectivity index (χ1v) is 4.05. The van der Waals surface area contributed by atoms with E-state index in [4.69, 9.17) is 0 Å². The number of hydrogen-bond acceptors (Lipinski definition) is 0. The zero-order valence-corrected chi connectivity index (χ0v) is 7.14. The van der Waals surface area contributed by atoms with E-state index in [-0.39, 0.29) is 0 Å². The zero-order valence-electron chi connectivity index (χ0n) is 7.14. The summed E-state index contributed by atoms with van der Waals surface area (Å²) in [6, 6.07) is 0. The van der Waals surface area contributed by atoms with Crippen LogP contribution in [0.2, 0.25) is 13.1 Å². The van der Waals surface area contributed by atoms with E-state index >= 15 is 0 Å². The molecule has 0 atom stereocenters. The van der Waals surface area contributed by atoms with Gasteiger partial charge < -0.3 is 0 Å². The van der Waals surface area contributed by atoms with E-state index < -0.39 is 0 Å². The van der Waals surface area contributed by atoms with Crippen molar-refractivity contribution in [2.75, 3.05) is 0 Å². The standard InChI is InChI=1S/C8H16B2/c1-4-5-6-7-8-10(3)9-2/h4-5H,2,6-8H2,1,3H3. The summed E-state index contributed by atoms with van der Waals surface area (Å²) in [4.78, 5) is 0. The summed E-state index contributed by atoms with van der Waals surface area (Å²) in [5.74, 6) is 0. The molecule has 0 aliphatic carbocycles. The van der Waals surface area contributed by atoms with Crippen LogP contribution >= 0.6 is 0 Å². The Balaban J connectivity index is 3.11. The first-order valence-electron chi connectivity index (χ1n) is 4.05. The molecule has 0 amide bonds. The molecule has 54 valence electrons. The van der Waals surface area contributed by atoms with Crippen molar-refractivity contribution in [1.82, 2.24) is 0 Å². The Morgan fingerprint density at radius 1 is 1.60 bits per heavy atom. The molecule has 0 unspecified atom stereocenters. The first-order chi connectivity index (χ1) is 4.81. The second kappa shape index (κ2) is 6.85. The minimum absolute atomic E-state index is 0.685. The van der Waals surface area contributed by atoms with Gasteiger partial charge in [0, 0.05) is 0 Å². The Hall–Kier alpha value is -0.260. The SMILES string of the molecule is C=BB(C)CCCC=CC. The summed E-state index contributed by atoms with van der Waals surface area (Å²) in [5, 5.41) is 0. The van der Waals surface area contributed by atoms with E-state index in [1.165, 1.54) is 19.2 Å². The van der Waals surface area contributed by atoms with E-state index in [0.29, 0.717) is 6.60 Å². The van der Waals surface area contributed by atoms with Gasteiger partial charge in [0.05, 0.1) is 0 Å². The average molecular weight is 134 g/mol. The maximum absolute atomic E-state index is 3.74. The van der Waals surface area contributed by atoms with Crippen molar-refractivity contribution in [2.45, 2.75) is 32.9 Å². The Bertz CT molecular complexity index is 108. The third-order valence-corrected chi connectivity index (χ3v) is 1.67. The molecule has 2 heteroatoms. The van der Waals surface area contributed by atoms with Crippen LogP contribution in [0.3, 0.4) is 0 Å². The molecular weight excluding hydrogens is 118 g/mol. The predicted molar refractivity (Wildman–Crippen MR) is 53.3 cm³/mol. The van der Waals surface area contributed by atoms with Gasteiger partial charge in [0.25, 0.3) is 0 Å². The molecule has 0 aromatic heterocycles. The van der Waals surface area contributed by atoms with Crippen molar-refractivity contribution in [2.24, 2.45) is 0 Å². The van der Waals surface area contributed by atoms with E-state index in [1.54, 1.807) is 0 Å². The number of rotatable bonds is 5. The summed E-state index contributed by atoms with van der Waals surface area (Å²) < 4.78 is 0. The van der Waals surface area contributed by atoms with Gasteiger partial charge in [-0.1, -0.05) is 0 Å². The van der Waals surface area contributed by atoms with Gasteiger partial charge in [-0.25, -0.2) is 0 Å². The minimum atomic E-state index is 0.685. The molecule has 0 bridgehead atoms. The number of hydrogen-bond donors (Lipinski definition) is 0. The molecule has 0 rings (SSSR count). The quantitative estimate of drug-likeness (QED) is 0.306. The van der Waals surface area contributed by atoms with E-state index in [0.717, 1.165) is 0 Å². The Kier molecular flexibility index (Phi) is 6.68. The number of allylic oxidation sites excluding steroid dienone is 2.